The highest BCUT2D eigenvalue weighted by atomic mass is 16.3. The van der Waals surface area contributed by atoms with Gasteiger partial charge >= 0.3 is 0 Å². The first kappa shape index (κ1) is 33.7. The summed E-state index contributed by atoms with van der Waals surface area (Å²) >= 11 is 0. The van der Waals surface area contributed by atoms with Crippen LogP contribution in [0.5, 0.6) is 17.2 Å². The Hall–Kier alpha value is -4.32. The first-order valence-corrected chi connectivity index (χ1v) is 14.2. The lowest BCUT2D eigenvalue weighted by Crippen LogP contribution is -2.25. The van der Waals surface area contributed by atoms with E-state index in [9.17, 15) is 15.3 Å². The molecule has 0 saturated carbocycles. The molecule has 0 saturated heterocycles. The van der Waals surface area contributed by atoms with Crippen molar-refractivity contribution in [2.45, 2.75) is 67.7 Å². The summed E-state index contributed by atoms with van der Waals surface area (Å²) in [6.07, 6.45) is 0. The van der Waals surface area contributed by atoms with Crippen LogP contribution >= 0.6 is 0 Å². The number of benzene rings is 4. The largest absolute Gasteiger partial charge is 0.508 e. The minimum Gasteiger partial charge on any atom is -0.508 e. The second-order valence-electron chi connectivity index (χ2n) is 7.90. The third-order valence-electron chi connectivity index (χ3n) is 5.94. The Bertz CT molecular complexity index is 1330. The van der Waals surface area contributed by atoms with Crippen LogP contribution in [-0.2, 0) is 5.41 Å². The summed E-state index contributed by atoms with van der Waals surface area (Å²) in [4.78, 5) is 1.44. The van der Waals surface area contributed by atoms with E-state index < -0.39 is 5.41 Å². The van der Waals surface area contributed by atoms with Gasteiger partial charge in [0.05, 0.1) is 0 Å². The van der Waals surface area contributed by atoms with Crippen LogP contribution in [0.25, 0.3) is 16.7 Å². The van der Waals surface area contributed by atoms with E-state index in [1.807, 2.05) is 116 Å². The number of hydrogen-bond acceptors (Lipinski definition) is 5. The summed E-state index contributed by atoms with van der Waals surface area (Å²) in [6.45, 7) is 18.1. The first-order valence-electron chi connectivity index (χ1n) is 14.2. The fraction of sp³-hybridized carbons (Fsp3) is 0.294. The van der Waals surface area contributed by atoms with Crippen molar-refractivity contribution in [2.75, 3.05) is 0 Å². The third kappa shape index (κ3) is 7.41. The molecule has 1 aromatic heterocycles. The maximum Gasteiger partial charge on any atom is 0.143 e. The zero-order valence-corrected chi connectivity index (χ0v) is 25.3. The lowest BCUT2D eigenvalue weighted by molar-refractivity contribution is 0.467. The van der Waals surface area contributed by atoms with Crippen molar-refractivity contribution >= 4 is 11.0 Å². The maximum absolute atomic E-state index is 10.6. The van der Waals surface area contributed by atoms with Crippen molar-refractivity contribution in [3.05, 3.63) is 108 Å². The molecule has 6 nitrogen and oxygen atoms in total. The van der Waals surface area contributed by atoms with Crippen molar-refractivity contribution in [2.24, 2.45) is 0 Å². The summed E-state index contributed by atoms with van der Waals surface area (Å²) in [5, 5.41) is 39.3. The van der Waals surface area contributed by atoms with E-state index in [-0.39, 0.29) is 17.2 Å². The number of hydrogen-bond donors (Lipinski definition) is 3. The second kappa shape index (κ2) is 16.6. The lowest BCUT2D eigenvalue weighted by atomic mass is 9.71. The van der Waals surface area contributed by atoms with Gasteiger partial charge < -0.3 is 15.3 Å². The average molecular weight is 544 g/mol. The molecule has 214 valence electrons. The van der Waals surface area contributed by atoms with Gasteiger partial charge in [0.15, 0.2) is 0 Å². The standard InChI is InChI=1S/C26H21N3O3.4C2H6/c1-26(17-6-11-20(30)12-7-17,18-8-13-21(31)14-9-18)19-10-15-25(32)24(16-19)29-27-22-4-2-3-5-23(22)28-29;4*1-2/h2-16,30-32H,1H3;4*1-2H3. The van der Waals surface area contributed by atoms with E-state index in [0.29, 0.717) is 5.69 Å². The summed E-state index contributed by atoms with van der Waals surface area (Å²) in [5.74, 6) is 0.425. The van der Waals surface area contributed by atoms with Crippen molar-refractivity contribution in [3.63, 3.8) is 0 Å². The molecule has 5 aromatic rings. The molecule has 0 aliphatic rings. The van der Waals surface area contributed by atoms with E-state index in [1.165, 1.54) is 4.80 Å². The van der Waals surface area contributed by atoms with Crippen LogP contribution in [0, 0.1) is 0 Å². The van der Waals surface area contributed by atoms with E-state index in [1.54, 1.807) is 30.3 Å². The van der Waals surface area contributed by atoms with Crippen LogP contribution in [0.4, 0.5) is 0 Å². The summed E-state index contributed by atoms with van der Waals surface area (Å²) < 4.78 is 0. The van der Waals surface area contributed by atoms with Crippen LogP contribution in [0.1, 0.15) is 79.0 Å². The molecule has 0 spiro atoms. The van der Waals surface area contributed by atoms with Crippen LogP contribution in [-0.4, -0.2) is 30.3 Å². The molecule has 0 amide bonds. The quantitative estimate of drug-likeness (QED) is 0.197. The fourth-order valence-electron chi connectivity index (χ4n) is 4.05. The number of nitrogens with zero attached hydrogens (tertiary/aromatic N) is 3. The molecular weight excluding hydrogens is 498 g/mol. The lowest BCUT2D eigenvalue weighted by Gasteiger charge is -2.32. The Morgan fingerprint density at radius 2 is 0.900 bits per heavy atom. The summed E-state index contributed by atoms with van der Waals surface area (Å²) in [6, 6.07) is 27.0. The Morgan fingerprint density at radius 1 is 0.525 bits per heavy atom. The van der Waals surface area contributed by atoms with Crippen molar-refractivity contribution in [1.29, 1.82) is 0 Å². The van der Waals surface area contributed by atoms with Crippen molar-refractivity contribution in [3.8, 4) is 22.9 Å². The highest BCUT2D eigenvalue weighted by molar-refractivity contribution is 5.73. The molecule has 4 aromatic carbocycles. The fourth-order valence-corrected chi connectivity index (χ4v) is 4.05. The van der Waals surface area contributed by atoms with Gasteiger partial charge in [-0.15, -0.1) is 15.0 Å². The highest BCUT2D eigenvalue weighted by Gasteiger charge is 2.32. The van der Waals surface area contributed by atoms with Crippen LogP contribution in [0.2, 0.25) is 0 Å². The second-order valence-corrected chi connectivity index (χ2v) is 7.90. The Labute approximate surface area is 239 Å². The molecular formula is C34H45N3O3. The molecule has 40 heavy (non-hydrogen) atoms. The van der Waals surface area contributed by atoms with Gasteiger partial charge in [0.25, 0.3) is 0 Å². The number of rotatable bonds is 4. The van der Waals surface area contributed by atoms with Gasteiger partial charge in [-0.2, -0.15) is 0 Å². The summed E-state index contributed by atoms with van der Waals surface area (Å²) in [5.41, 5.74) is 4.06. The number of fused-ring (bicyclic) bond motifs is 1. The Balaban J connectivity index is 0.000000921. The zero-order valence-electron chi connectivity index (χ0n) is 25.3. The molecule has 0 atom stereocenters. The predicted octanol–water partition coefficient (Wildman–Crippen LogP) is 9.00. The maximum atomic E-state index is 10.6. The number of aromatic nitrogens is 3. The monoisotopic (exact) mass is 543 g/mol. The van der Waals surface area contributed by atoms with Crippen molar-refractivity contribution in [1.82, 2.24) is 15.0 Å². The Kier molecular flexibility index (Phi) is 14.0. The average Bonchev–Trinajstić information content (AvgIpc) is 3.46. The number of aromatic hydroxyl groups is 3. The molecule has 5 rings (SSSR count). The molecule has 0 unspecified atom stereocenters. The zero-order chi connectivity index (χ0) is 30.3. The van der Waals surface area contributed by atoms with E-state index in [2.05, 4.69) is 17.1 Å². The van der Waals surface area contributed by atoms with Crippen LogP contribution < -0.4 is 0 Å². The normalized spacial score (nSPS) is 9.93. The number of phenolic OH excluding ortho intramolecular Hbond substituents is 3. The molecule has 0 aliphatic heterocycles. The molecule has 0 aliphatic carbocycles. The van der Waals surface area contributed by atoms with E-state index in [0.717, 1.165) is 27.7 Å². The molecule has 1 heterocycles. The molecule has 0 bridgehead atoms. The highest BCUT2D eigenvalue weighted by Crippen LogP contribution is 2.41. The SMILES string of the molecule is CC.CC.CC.CC.CC(c1ccc(O)cc1)(c1ccc(O)cc1)c1ccc(O)c(-n2nc3ccccc3n2)c1. The minimum atomic E-state index is -0.642. The molecule has 0 radical (unpaired) electrons. The van der Waals surface area contributed by atoms with Crippen LogP contribution in [0.15, 0.2) is 91.0 Å². The molecule has 6 heteroatoms. The van der Waals surface area contributed by atoms with Gasteiger partial charge in [-0.1, -0.05) is 97.9 Å². The van der Waals surface area contributed by atoms with Gasteiger partial charge in [-0.05, 0) is 72.1 Å². The van der Waals surface area contributed by atoms with Gasteiger partial charge in [-0.3, -0.25) is 0 Å². The van der Waals surface area contributed by atoms with Gasteiger partial charge in [0.1, 0.15) is 34.0 Å². The van der Waals surface area contributed by atoms with E-state index >= 15 is 0 Å². The van der Waals surface area contributed by atoms with Crippen molar-refractivity contribution < 1.29 is 15.3 Å². The van der Waals surface area contributed by atoms with Crippen LogP contribution in [0.3, 0.4) is 0 Å². The first-order chi connectivity index (χ1) is 19.4. The minimum absolute atomic E-state index is 0.0628. The molecule has 0 fully saturated rings. The van der Waals surface area contributed by atoms with E-state index in [4.69, 9.17) is 0 Å². The smallest absolute Gasteiger partial charge is 0.143 e. The van der Waals surface area contributed by atoms with Gasteiger partial charge in [0.2, 0.25) is 0 Å². The Morgan fingerprint density at radius 3 is 1.30 bits per heavy atom. The topological polar surface area (TPSA) is 91.4 Å². The van der Waals surface area contributed by atoms with Gasteiger partial charge in [-0.25, -0.2) is 0 Å². The molecule has 3 N–H and O–H groups in total. The number of phenols is 3. The van der Waals surface area contributed by atoms with Gasteiger partial charge in [0, 0.05) is 5.41 Å². The summed E-state index contributed by atoms with van der Waals surface area (Å²) in [7, 11) is 0. The third-order valence-corrected chi connectivity index (χ3v) is 5.94. The predicted molar refractivity (Wildman–Crippen MR) is 168 cm³/mol.